The van der Waals surface area contributed by atoms with Gasteiger partial charge in [-0.15, -0.1) is 66.3 Å². The molecule has 0 saturated carbocycles. The molecule has 0 aliphatic heterocycles. The third kappa shape index (κ3) is 13.4. The standard InChI is InChI=1S/C16H13.C9H13.2C3H7.2ClH.Si.Zr/c1-12-10-14-8-5-9-15(16(14)11-12)13-6-3-2-4-7-13;1-6-5-7(2)9(4)8(6)3;2*1-3-2;;;;/h2-11H,1H3;6H,1-4H3;2*1,3H2,2H3;2*1H;;/q4*-1;;;;. The normalized spacial score (nSPS) is 13.0. The van der Waals surface area contributed by atoms with Crippen LogP contribution in [0.2, 0.25) is 0 Å². The summed E-state index contributed by atoms with van der Waals surface area (Å²) in [5, 5.41) is 2.69. The van der Waals surface area contributed by atoms with Crippen molar-refractivity contribution in [1.82, 2.24) is 0 Å². The van der Waals surface area contributed by atoms with Gasteiger partial charge in [0.05, 0.1) is 0 Å². The van der Waals surface area contributed by atoms with Crippen molar-refractivity contribution in [2.24, 2.45) is 5.92 Å². The molecule has 1 atom stereocenters. The Hall–Kier alpha value is -0.790. The van der Waals surface area contributed by atoms with Gasteiger partial charge in [-0.1, -0.05) is 89.4 Å². The third-order valence-electron chi connectivity index (χ3n) is 5.22. The van der Waals surface area contributed by atoms with E-state index in [0.29, 0.717) is 5.92 Å². The van der Waals surface area contributed by atoms with Gasteiger partial charge in [0.1, 0.15) is 0 Å². The van der Waals surface area contributed by atoms with Crippen LogP contribution in [0.4, 0.5) is 0 Å². The molecule has 35 heavy (non-hydrogen) atoms. The van der Waals surface area contributed by atoms with Gasteiger partial charge in [0, 0.05) is 0 Å². The summed E-state index contributed by atoms with van der Waals surface area (Å²) in [5.74, 6) is 0.560. The molecular formula is C31H42Cl2SiZr-4. The Morgan fingerprint density at radius 2 is 1.40 bits per heavy atom. The van der Waals surface area contributed by atoms with E-state index in [9.17, 15) is 0 Å². The number of aryl methyl sites for hydroxylation is 1. The molecule has 0 fully saturated rings. The molecule has 1 aliphatic carbocycles. The molecule has 0 aromatic heterocycles. The fourth-order valence-corrected chi connectivity index (χ4v) is 3.42. The summed E-state index contributed by atoms with van der Waals surface area (Å²) in [6, 6.07) is 21.6. The zero-order valence-corrected chi connectivity index (χ0v) is 27.6. The van der Waals surface area contributed by atoms with Gasteiger partial charge in [-0.25, -0.2) is 5.57 Å². The van der Waals surface area contributed by atoms with Crippen molar-refractivity contribution < 1.29 is 23.3 Å². The fourth-order valence-electron chi connectivity index (χ4n) is 3.42. The molecule has 1 aliphatic rings. The molecule has 0 saturated heterocycles. The molecule has 0 amide bonds. The number of allylic oxidation sites excluding steroid dienone is 4. The predicted molar refractivity (Wildman–Crippen MR) is 161 cm³/mol. The Kier molecular flexibility index (Phi) is 24.8. The van der Waals surface area contributed by atoms with Crippen LogP contribution in [0.1, 0.15) is 59.9 Å². The average molecular weight is 605 g/mol. The van der Waals surface area contributed by atoms with E-state index < -0.39 is 0 Å². The van der Waals surface area contributed by atoms with Crippen molar-refractivity contribution >= 4 is 42.5 Å². The van der Waals surface area contributed by atoms with E-state index in [1.807, 2.05) is 13.8 Å². The second-order valence-corrected chi connectivity index (χ2v) is 8.01. The minimum absolute atomic E-state index is 0. The number of benzene rings is 2. The molecule has 0 spiro atoms. The van der Waals surface area contributed by atoms with Crippen LogP contribution in [-0.4, -0.2) is 6.88 Å². The Morgan fingerprint density at radius 3 is 1.80 bits per heavy atom. The Labute approximate surface area is 245 Å². The van der Waals surface area contributed by atoms with Crippen molar-refractivity contribution in [1.29, 1.82) is 0 Å². The summed E-state index contributed by atoms with van der Waals surface area (Å²) >= 11 is 1.36. The molecular weight excluding hydrogens is 563 g/mol. The van der Waals surface area contributed by atoms with Gasteiger partial charge in [-0.2, -0.15) is 30.1 Å². The Balaban J connectivity index is -0.000000464. The first-order valence-electron chi connectivity index (χ1n) is 11.6. The van der Waals surface area contributed by atoms with E-state index in [4.69, 9.17) is 0 Å². The van der Waals surface area contributed by atoms with Gasteiger partial charge in [0.25, 0.3) is 0 Å². The van der Waals surface area contributed by atoms with Crippen LogP contribution in [0, 0.1) is 32.8 Å². The summed E-state index contributed by atoms with van der Waals surface area (Å²) in [6.07, 6.45) is 5.36. The van der Waals surface area contributed by atoms with Gasteiger partial charge in [-0.3, -0.25) is 6.08 Å². The molecule has 0 heterocycles. The molecule has 0 nitrogen and oxygen atoms in total. The molecule has 2 radical (unpaired) electrons. The van der Waals surface area contributed by atoms with Crippen LogP contribution in [0.3, 0.4) is 0 Å². The van der Waals surface area contributed by atoms with Crippen LogP contribution in [0.5, 0.6) is 0 Å². The first-order chi connectivity index (χ1) is 15.8. The minimum atomic E-state index is 0. The van der Waals surface area contributed by atoms with Crippen LogP contribution in [0.15, 0.2) is 77.4 Å². The number of hydrogen-bond donors (Lipinski definition) is 0. The van der Waals surface area contributed by atoms with Crippen molar-refractivity contribution in [2.75, 3.05) is 0 Å². The second kappa shape index (κ2) is 22.4. The van der Waals surface area contributed by atoms with Gasteiger partial charge in [0.15, 0.2) is 0 Å². The molecule has 3 aromatic carbocycles. The number of hydrogen-bond acceptors (Lipinski definition) is 0. The molecule has 3 aromatic rings. The third-order valence-corrected chi connectivity index (χ3v) is 5.22. The first-order valence-corrected chi connectivity index (χ1v) is 15.8. The van der Waals surface area contributed by atoms with Crippen LogP contribution in [0.25, 0.3) is 21.9 Å². The Morgan fingerprint density at radius 1 is 0.886 bits per heavy atom. The first kappa shape index (κ1) is 38.7. The summed E-state index contributed by atoms with van der Waals surface area (Å²) in [7, 11) is 0. The zero-order chi connectivity index (χ0) is 25.4. The molecule has 4 heteroatoms. The van der Waals surface area contributed by atoms with Crippen molar-refractivity contribution in [3.05, 3.63) is 103 Å². The maximum atomic E-state index is 3.49. The summed E-state index contributed by atoms with van der Waals surface area (Å²) in [5.41, 5.74) is 8.19. The number of fused-ring (bicyclic) bond motifs is 1. The second-order valence-electron chi connectivity index (χ2n) is 8.01. The van der Waals surface area contributed by atoms with Crippen LogP contribution in [-0.2, 0) is 23.3 Å². The molecule has 0 bridgehead atoms. The van der Waals surface area contributed by atoms with Crippen molar-refractivity contribution in [3.8, 4) is 11.1 Å². The number of halogens is 2. The van der Waals surface area contributed by atoms with E-state index in [-0.39, 0.29) is 24.8 Å². The Bertz CT molecular complexity index is 1000. The average Bonchev–Trinajstić information content (AvgIpc) is 3.30. The van der Waals surface area contributed by atoms with Gasteiger partial charge >= 0.3 is 30.2 Å². The SMILES string of the molecule is CC1=[C-]C(C)C(C)=C1C.Cc1cc2c(-c3ccccc3)cccc2[cH-]1.Cl.Cl.[CH2-]CC.[CH2-]CC.[Si]=[Zr]. The van der Waals surface area contributed by atoms with E-state index >= 15 is 0 Å². The van der Waals surface area contributed by atoms with Gasteiger partial charge in [0.2, 0.25) is 0 Å². The molecule has 0 N–H and O–H groups in total. The van der Waals surface area contributed by atoms with Crippen LogP contribution < -0.4 is 0 Å². The van der Waals surface area contributed by atoms with Gasteiger partial charge in [-0.05, 0) is 5.56 Å². The van der Waals surface area contributed by atoms with E-state index in [1.165, 1.54) is 67.5 Å². The molecule has 192 valence electrons. The molecule has 1 unspecified atom stereocenters. The summed E-state index contributed by atoms with van der Waals surface area (Å²) in [6.45, 7) is 24.9. The van der Waals surface area contributed by atoms with Crippen LogP contribution >= 0.6 is 24.8 Å². The fraction of sp³-hybridized carbons (Fsp3) is 0.323. The number of rotatable bonds is 1. The van der Waals surface area contributed by atoms with E-state index in [0.717, 1.165) is 12.8 Å². The topological polar surface area (TPSA) is 0 Å². The molecule has 4 rings (SSSR count). The van der Waals surface area contributed by atoms with E-state index in [2.05, 4.69) is 122 Å². The maximum absolute atomic E-state index is 3.49. The zero-order valence-electron chi connectivity index (χ0n) is 22.5. The van der Waals surface area contributed by atoms with Crippen molar-refractivity contribution in [3.63, 3.8) is 0 Å². The predicted octanol–water partition coefficient (Wildman–Crippen LogP) is 10.2. The quantitative estimate of drug-likeness (QED) is 0.192. The van der Waals surface area contributed by atoms with E-state index in [1.54, 1.807) is 0 Å². The van der Waals surface area contributed by atoms with Crippen molar-refractivity contribution in [2.45, 2.75) is 61.3 Å². The summed E-state index contributed by atoms with van der Waals surface area (Å²) < 4.78 is 0. The summed E-state index contributed by atoms with van der Waals surface area (Å²) in [4.78, 5) is 0. The van der Waals surface area contributed by atoms with Gasteiger partial charge < -0.3 is 13.8 Å². The monoisotopic (exact) mass is 602 g/mol.